The highest BCUT2D eigenvalue weighted by molar-refractivity contribution is 6.04. The summed E-state index contributed by atoms with van der Waals surface area (Å²) in [6.07, 6.45) is -4.03. The fourth-order valence-corrected chi connectivity index (χ4v) is 1.62. The van der Waals surface area contributed by atoms with E-state index in [0.29, 0.717) is 6.20 Å². The van der Waals surface area contributed by atoms with Gasteiger partial charge in [-0.3, -0.25) is 14.9 Å². The summed E-state index contributed by atoms with van der Waals surface area (Å²) in [5.74, 6) is -2.17. The van der Waals surface area contributed by atoms with Crippen molar-refractivity contribution in [1.82, 2.24) is 4.98 Å². The van der Waals surface area contributed by atoms with E-state index in [0.717, 1.165) is 30.3 Å². The highest BCUT2D eigenvalue weighted by Gasteiger charge is 2.30. The van der Waals surface area contributed by atoms with Crippen molar-refractivity contribution in [3.05, 3.63) is 63.6 Å². The zero-order chi connectivity index (χ0) is 17.2. The maximum Gasteiger partial charge on any atom is 0.417 e. The summed E-state index contributed by atoms with van der Waals surface area (Å²) in [4.78, 5) is 24.9. The Hall–Kier alpha value is -3.04. The molecule has 0 saturated carbocycles. The molecule has 2 rings (SSSR count). The largest absolute Gasteiger partial charge is 0.417 e. The van der Waals surface area contributed by atoms with Gasteiger partial charge in [-0.1, -0.05) is 0 Å². The molecule has 1 amide bonds. The Morgan fingerprint density at radius 2 is 1.91 bits per heavy atom. The zero-order valence-electron chi connectivity index (χ0n) is 11.1. The number of nitrogens with zero attached hydrogens (tertiary/aromatic N) is 2. The summed E-state index contributed by atoms with van der Waals surface area (Å²) < 4.78 is 50.3. The van der Waals surface area contributed by atoms with E-state index in [4.69, 9.17) is 0 Å². The number of nitrogens with one attached hydrogen (secondary N) is 1. The molecular weight excluding hydrogens is 322 g/mol. The minimum Gasteiger partial charge on any atom is -0.307 e. The second-order valence-electron chi connectivity index (χ2n) is 4.31. The molecule has 0 aliphatic carbocycles. The Balaban J connectivity index is 2.19. The molecule has 23 heavy (non-hydrogen) atoms. The van der Waals surface area contributed by atoms with Crippen LogP contribution in [0.4, 0.5) is 29.1 Å². The highest BCUT2D eigenvalue weighted by Crippen LogP contribution is 2.29. The molecule has 0 saturated heterocycles. The first-order valence-electron chi connectivity index (χ1n) is 5.97. The van der Waals surface area contributed by atoms with Crippen LogP contribution >= 0.6 is 0 Å². The molecule has 1 aromatic carbocycles. The number of carbonyl (C=O) groups is 1. The Bertz CT molecular complexity index is 760. The first-order valence-corrected chi connectivity index (χ1v) is 5.97. The second-order valence-corrected chi connectivity index (χ2v) is 4.31. The van der Waals surface area contributed by atoms with Gasteiger partial charge in [0.1, 0.15) is 5.82 Å². The first-order chi connectivity index (χ1) is 10.7. The number of pyridine rings is 1. The molecule has 0 spiro atoms. The minimum atomic E-state index is -4.56. The smallest absolute Gasteiger partial charge is 0.307 e. The van der Waals surface area contributed by atoms with Crippen LogP contribution in [-0.4, -0.2) is 15.8 Å². The van der Waals surface area contributed by atoms with Gasteiger partial charge in [0.25, 0.3) is 5.91 Å². The summed E-state index contributed by atoms with van der Waals surface area (Å²) >= 11 is 0. The van der Waals surface area contributed by atoms with Crippen molar-refractivity contribution < 1.29 is 27.3 Å². The lowest BCUT2D eigenvalue weighted by Gasteiger charge is -2.08. The first kappa shape index (κ1) is 16.3. The van der Waals surface area contributed by atoms with Crippen LogP contribution in [0, 0.1) is 15.9 Å². The van der Waals surface area contributed by atoms with Crippen LogP contribution < -0.4 is 5.32 Å². The summed E-state index contributed by atoms with van der Waals surface area (Å²) in [7, 11) is 0. The maximum atomic E-state index is 13.2. The number of nitro benzene ring substituents is 1. The van der Waals surface area contributed by atoms with Crippen molar-refractivity contribution in [1.29, 1.82) is 0 Å². The number of hydrogen-bond acceptors (Lipinski definition) is 4. The van der Waals surface area contributed by atoms with E-state index in [1.54, 1.807) is 0 Å². The van der Waals surface area contributed by atoms with Gasteiger partial charge < -0.3 is 5.32 Å². The summed E-state index contributed by atoms with van der Waals surface area (Å²) in [6, 6.07) is 4.11. The van der Waals surface area contributed by atoms with Gasteiger partial charge in [-0.05, 0) is 24.3 Å². The Morgan fingerprint density at radius 1 is 1.22 bits per heavy atom. The van der Waals surface area contributed by atoms with E-state index < -0.39 is 34.1 Å². The number of aromatic nitrogens is 1. The molecule has 0 aliphatic heterocycles. The predicted molar refractivity (Wildman–Crippen MR) is 70.2 cm³/mol. The molecule has 0 radical (unpaired) electrons. The molecule has 1 heterocycles. The Morgan fingerprint density at radius 3 is 2.43 bits per heavy atom. The molecule has 0 atom stereocenters. The molecular formula is C13H7F4N3O3. The van der Waals surface area contributed by atoms with Gasteiger partial charge in [-0.15, -0.1) is 0 Å². The van der Waals surface area contributed by atoms with E-state index in [-0.39, 0.29) is 11.4 Å². The molecule has 0 aliphatic rings. The number of anilines is 1. The number of rotatable bonds is 3. The number of hydrogen-bond donors (Lipinski definition) is 1. The normalized spacial score (nSPS) is 11.1. The number of amides is 1. The molecule has 2 aromatic rings. The van der Waals surface area contributed by atoms with Crippen molar-refractivity contribution in [3.63, 3.8) is 0 Å². The van der Waals surface area contributed by atoms with Crippen LogP contribution in [0.15, 0.2) is 36.5 Å². The molecule has 0 fully saturated rings. The van der Waals surface area contributed by atoms with Crippen LogP contribution in [-0.2, 0) is 6.18 Å². The number of halogens is 4. The third-order valence-electron chi connectivity index (χ3n) is 2.74. The summed E-state index contributed by atoms with van der Waals surface area (Å²) in [5, 5.41) is 12.8. The van der Waals surface area contributed by atoms with Gasteiger partial charge in [0.2, 0.25) is 5.82 Å². The van der Waals surface area contributed by atoms with Gasteiger partial charge in [0.15, 0.2) is 0 Å². The predicted octanol–water partition coefficient (Wildman–Crippen LogP) is 3.40. The van der Waals surface area contributed by atoms with E-state index >= 15 is 0 Å². The summed E-state index contributed by atoms with van der Waals surface area (Å²) in [6.45, 7) is 0. The van der Waals surface area contributed by atoms with Gasteiger partial charge in [0.05, 0.1) is 10.5 Å². The summed E-state index contributed by atoms with van der Waals surface area (Å²) in [5.41, 5.74) is -2.12. The number of alkyl halides is 3. The third kappa shape index (κ3) is 3.78. The molecule has 10 heteroatoms. The standard InChI is InChI=1S/C13H7F4N3O3/c14-9-3-1-7(5-10(9)20(22)23)12(21)19-11-4-2-8(6-18-11)13(15,16)17/h1-6H,(H,18,19,21). The molecule has 0 bridgehead atoms. The molecule has 1 N–H and O–H groups in total. The van der Waals surface area contributed by atoms with E-state index in [1.807, 2.05) is 0 Å². The van der Waals surface area contributed by atoms with Crippen LogP contribution in [0.5, 0.6) is 0 Å². The average molecular weight is 329 g/mol. The SMILES string of the molecule is O=C(Nc1ccc(C(F)(F)F)cn1)c1ccc(F)c([N+](=O)[O-])c1. The quantitative estimate of drug-likeness (QED) is 0.531. The lowest BCUT2D eigenvalue weighted by molar-refractivity contribution is -0.387. The highest BCUT2D eigenvalue weighted by atomic mass is 19.4. The van der Waals surface area contributed by atoms with Gasteiger partial charge in [0, 0.05) is 17.8 Å². The zero-order valence-corrected chi connectivity index (χ0v) is 11.1. The van der Waals surface area contributed by atoms with Crippen LogP contribution in [0.1, 0.15) is 15.9 Å². The van der Waals surface area contributed by atoms with Crippen molar-refractivity contribution in [2.75, 3.05) is 5.32 Å². The van der Waals surface area contributed by atoms with Gasteiger partial charge in [-0.2, -0.15) is 17.6 Å². The van der Waals surface area contributed by atoms with Crippen molar-refractivity contribution in [2.45, 2.75) is 6.18 Å². The lowest BCUT2D eigenvalue weighted by Crippen LogP contribution is -2.14. The van der Waals surface area contributed by atoms with Crippen LogP contribution in [0.25, 0.3) is 0 Å². The molecule has 6 nitrogen and oxygen atoms in total. The van der Waals surface area contributed by atoms with Crippen LogP contribution in [0.3, 0.4) is 0 Å². The number of benzene rings is 1. The van der Waals surface area contributed by atoms with Crippen molar-refractivity contribution >= 4 is 17.4 Å². The minimum absolute atomic E-state index is 0.185. The fraction of sp³-hybridized carbons (Fsp3) is 0.0769. The Labute approximate surface area is 125 Å². The van der Waals surface area contributed by atoms with E-state index in [2.05, 4.69) is 10.3 Å². The molecule has 0 unspecified atom stereocenters. The van der Waals surface area contributed by atoms with Crippen LogP contribution in [0.2, 0.25) is 0 Å². The third-order valence-corrected chi connectivity index (χ3v) is 2.74. The van der Waals surface area contributed by atoms with Crippen molar-refractivity contribution in [3.8, 4) is 0 Å². The molecule has 1 aromatic heterocycles. The topological polar surface area (TPSA) is 85.1 Å². The van der Waals surface area contributed by atoms with E-state index in [9.17, 15) is 32.5 Å². The second kappa shape index (κ2) is 5.99. The monoisotopic (exact) mass is 329 g/mol. The van der Waals surface area contributed by atoms with Gasteiger partial charge >= 0.3 is 11.9 Å². The maximum absolute atomic E-state index is 13.2. The van der Waals surface area contributed by atoms with Crippen molar-refractivity contribution in [2.24, 2.45) is 0 Å². The Kier molecular flexibility index (Phi) is 4.25. The fourth-order valence-electron chi connectivity index (χ4n) is 1.62. The molecule has 120 valence electrons. The number of carbonyl (C=O) groups excluding carboxylic acids is 1. The number of nitro groups is 1. The lowest BCUT2D eigenvalue weighted by atomic mass is 10.2. The average Bonchev–Trinajstić information content (AvgIpc) is 2.47. The van der Waals surface area contributed by atoms with Gasteiger partial charge in [-0.25, -0.2) is 4.98 Å². The van der Waals surface area contributed by atoms with E-state index in [1.165, 1.54) is 0 Å².